The van der Waals surface area contributed by atoms with Crippen LogP contribution < -0.4 is 0 Å². The predicted octanol–water partition coefficient (Wildman–Crippen LogP) is 0.470. The molecule has 0 fully saturated rings. The summed E-state index contributed by atoms with van der Waals surface area (Å²) in [4.78, 5) is 9.60. The first kappa shape index (κ1) is 9.48. The van der Waals surface area contributed by atoms with Crippen molar-refractivity contribution in [3.63, 3.8) is 0 Å². The van der Waals surface area contributed by atoms with E-state index in [1.165, 1.54) is 6.92 Å². The Morgan fingerprint density at radius 1 is 1.71 bits per heavy atom. The zero-order valence-electron chi connectivity index (χ0n) is 4.01. The van der Waals surface area contributed by atoms with Gasteiger partial charge in [-0.3, -0.25) is 5.48 Å². The molecule has 0 saturated heterocycles. The molecule has 0 heterocycles. The van der Waals surface area contributed by atoms with Crippen LogP contribution in [0.15, 0.2) is 12.2 Å². The Kier molecular flexibility index (Phi) is 4.56. The van der Waals surface area contributed by atoms with Crippen LogP contribution in [0.1, 0.15) is 6.92 Å². The topological polar surface area (TPSA) is 67.3 Å². The first-order valence-corrected chi connectivity index (χ1v) is 1.53. The highest BCUT2D eigenvalue weighted by molar-refractivity contribution is 5.84. The molecule has 3 nitrogen and oxygen atoms in total. The van der Waals surface area contributed by atoms with Gasteiger partial charge in [0.05, 0.1) is 0 Å². The normalized spacial score (nSPS) is 6.43. The third kappa shape index (κ3) is 5.17. The van der Waals surface area contributed by atoms with E-state index in [4.69, 9.17) is 5.11 Å². The minimum absolute atomic E-state index is 0. The number of rotatable bonds is 1. The predicted molar refractivity (Wildman–Crippen MR) is 24.4 cm³/mol. The van der Waals surface area contributed by atoms with Gasteiger partial charge in [-0.25, -0.2) is 4.79 Å². The zero-order chi connectivity index (χ0) is 5.15. The number of carboxylic acids is 1. The van der Waals surface area contributed by atoms with Crippen molar-refractivity contribution >= 4 is 5.97 Å². The highest BCUT2D eigenvalue weighted by Gasteiger charge is 1.90. The van der Waals surface area contributed by atoms with Crippen LogP contribution in [0.25, 0.3) is 0 Å². The Hall–Kier alpha value is -0.830. The lowest BCUT2D eigenvalue weighted by Gasteiger charge is -1.79. The van der Waals surface area contributed by atoms with Crippen molar-refractivity contribution in [2.75, 3.05) is 0 Å². The molecule has 0 aromatic rings. The third-order valence-electron chi connectivity index (χ3n) is 0.365. The van der Waals surface area contributed by atoms with Gasteiger partial charge in [0.1, 0.15) is 0 Å². The van der Waals surface area contributed by atoms with Crippen LogP contribution in [0.2, 0.25) is 0 Å². The standard InChI is InChI=1S/C4H6O2.HO/c1-3(2)4(5)6;/h1H2,2H3,(H,5,6);1H. The summed E-state index contributed by atoms with van der Waals surface area (Å²) in [6, 6.07) is 0. The van der Waals surface area contributed by atoms with E-state index in [2.05, 4.69) is 6.58 Å². The van der Waals surface area contributed by atoms with Gasteiger partial charge in [-0.2, -0.15) is 0 Å². The van der Waals surface area contributed by atoms with Crippen molar-refractivity contribution < 1.29 is 15.4 Å². The number of carbonyl (C=O) groups is 1. The van der Waals surface area contributed by atoms with Crippen LogP contribution in [0.4, 0.5) is 0 Å². The number of hydrogen-bond donors (Lipinski definition) is 2. The molecular formula is C4H7O3. The summed E-state index contributed by atoms with van der Waals surface area (Å²) in [5.74, 6) is -0.935. The average molecular weight is 103 g/mol. The minimum Gasteiger partial charge on any atom is -0.478 e. The van der Waals surface area contributed by atoms with E-state index in [1.807, 2.05) is 0 Å². The summed E-state index contributed by atoms with van der Waals surface area (Å²) >= 11 is 0. The van der Waals surface area contributed by atoms with Crippen LogP contribution >= 0.6 is 0 Å². The van der Waals surface area contributed by atoms with Crippen molar-refractivity contribution in [1.82, 2.24) is 0 Å². The lowest BCUT2D eigenvalue weighted by Crippen LogP contribution is -1.92. The van der Waals surface area contributed by atoms with Crippen molar-refractivity contribution in [2.24, 2.45) is 0 Å². The van der Waals surface area contributed by atoms with Crippen molar-refractivity contribution in [3.05, 3.63) is 12.2 Å². The molecule has 0 amide bonds. The summed E-state index contributed by atoms with van der Waals surface area (Å²) in [5.41, 5.74) is 0.176. The molecule has 0 atom stereocenters. The molecule has 0 unspecified atom stereocenters. The summed E-state index contributed by atoms with van der Waals surface area (Å²) in [6.45, 7) is 4.60. The molecule has 3 heteroatoms. The van der Waals surface area contributed by atoms with E-state index >= 15 is 0 Å². The molecule has 2 N–H and O–H groups in total. The molecule has 0 aliphatic heterocycles. The Morgan fingerprint density at radius 3 is 1.86 bits per heavy atom. The van der Waals surface area contributed by atoms with Crippen LogP contribution in [-0.2, 0) is 4.79 Å². The third-order valence-corrected chi connectivity index (χ3v) is 0.365. The Labute approximate surface area is 41.6 Å². The number of hydrogen-bond acceptors (Lipinski definition) is 1. The second kappa shape index (κ2) is 3.36. The lowest BCUT2D eigenvalue weighted by atomic mass is 10.4. The molecule has 1 radical (unpaired) electrons. The van der Waals surface area contributed by atoms with E-state index in [1.54, 1.807) is 0 Å². The number of carboxylic acid groups (broad SMARTS) is 1. The van der Waals surface area contributed by atoms with E-state index in [-0.39, 0.29) is 11.0 Å². The fourth-order valence-electron chi connectivity index (χ4n) is 0. The summed E-state index contributed by atoms with van der Waals surface area (Å²) in [6.07, 6.45) is 0. The van der Waals surface area contributed by atoms with Gasteiger partial charge in [-0.1, -0.05) is 6.58 Å². The highest BCUT2D eigenvalue weighted by atomic mass is 16.4. The van der Waals surface area contributed by atoms with Gasteiger partial charge < -0.3 is 5.11 Å². The molecule has 41 valence electrons. The Balaban J connectivity index is 0. The maximum atomic E-state index is 9.60. The molecule has 0 aliphatic carbocycles. The van der Waals surface area contributed by atoms with E-state index in [0.29, 0.717) is 0 Å². The van der Waals surface area contributed by atoms with Crippen molar-refractivity contribution in [1.29, 1.82) is 0 Å². The minimum atomic E-state index is -0.935. The fraction of sp³-hybridized carbons (Fsp3) is 0.250. The monoisotopic (exact) mass is 103 g/mol. The molecule has 0 saturated carbocycles. The average Bonchev–Trinajstić information content (AvgIpc) is 1.36. The van der Waals surface area contributed by atoms with Gasteiger partial charge in [0.25, 0.3) is 0 Å². The van der Waals surface area contributed by atoms with Crippen LogP contribution in [0.3, 0.4) is 0 Å². The van der Waals surface area contributed by atoms with E-state index < -0.39 is 5.97 Å². The highest BCUT2D eigenvalue weighted by Crippen LogP contribution is 1.81. The van der Waals surface area contributed by atoms with Crippen LogP contribution in [-0.4, -0.2) is 16.6 Å². The quantitative estimate of drug-likeness (QED) is 0.473. The van der Waals surface area contributed by atoms with Crippen LogP contribution in [0.5, 0.6) is 0 Å². The lowest BCUT2D eigenvalue weighted by molar-refractivity contribution is -0.132. The first-order chi connectivity index (χ1) is 2.64. The molecule has 0 bridgehead atoms. The summed E-state index contributed by atoms with van der Waals surface area (Å²) in [5, 5.41) is 7.89. The fourth-order valence-corrected chi connectivity index (χ4v) is 0. The molecule has 7 heavy (non-hydrogen) atoms. The molecule has 0 aromatic carbocycles. The van der Waals surface area contributed by atoms with Crippen molar-refractivity contribution in [2.45, 2.75) is 6.92 Å². The summed E-state index contributed by atoms with van der Waals surface area (Å²) in [7, 11) is 0. The number of aliphatic carboxylic acids is 1. The maximum Gasteiger partial charge on any atom is 0.330 e. The Bertz CT molecular complexity index is 72.9. The van der Waals surface area contributed by atoms with Gasteiger partial charge in [0.2, 0.25) is 0 Å². The van der Waals surface area contributed by atoms with Gasteiger partial charge in [0.15, 0.2) is 0 Å². The first-order valence-electron chi connectivity index (χ1n) is 1.53. The largest absolute Gasteiger partial charge is 0.478 e. The molecule has 0 aliphatic rings. The molecule has 0 spiro atoms. The maximum absolute atomic E-state index is 9.60. The second-order valence-electron chi connectivity index (χ2n) is 1.09. The van der Waals surface area contributed by atoms with Crippen LogP contribution in [0, 0.1) is 0 Å². The second-order valence-corrected chi connectivity index (χ2v) is 1.09. The molecule has 0 aromatic heterocycles. The van der Waals surface area contributed by atoms with E-state index in [0.717, 1.165) is 0 Å². The van der Waals surface area contributed by atoms with Gasteiger partial charge in [-0.15, -0.1) is 0 Å². The Morgan fingerprint density at radius 2 is 1.86 bits per heavy atom. The van der Waals surface area contributed by atoms with Gasteiger partial charge >= 0.3 is 5.97 Å². The van der Waals surface area contributed by atoms with Gasteiger partial charge in [0, 0.05) is 5.57 Å². The van der Waals surface area contributed by atoms with Gasteiger partial charge in [-0.05, 0) is 6.92 Å². The summed E-state index contributed by atoms with van der Waals surface area (Å²) < 4.78 is 0. The van der Waals surface area contributed by atoms with E-state index in [9.17, 15) is 4.79 Å². The molecular weight excluding hydrogens is 96.0 g/mol. The SMILES string of the molecule is C=C(C)C(=O)O.[OH]. The van der Waals surface area contributed by atoms with Crippen molar-refractivity contribution in [3.8, 4) is 0 Å². The zero-order valence-corrected chi connectivity index (χ0v) is 4.01. The smallest absolute Gasteiger partial charge is 0.330 e. The molecule has 0 rings (SSSR count).